The van der Waals surface area contributed by atoms with Crippen molar-refractivity contribution in [3.05, 3.63) is 94.4 Å². The van der Waals surface area contributed by atoms with E-state index in [1.807, 2.05) is 29.2 Å². The van der Waals surface area contributed by atoms with E-state index in [2.05, 4.69) is 25.9 Å². The summed E-state index contributed by atoms with van der Waals surface area (Å²) in [5, 5.41) is 13.2. The van der Waals surface area contributed by atoms with E-state index < -0.39 is 47.4 Å². The number of piperidine rings is 1. The van der Waals surface area contributed by atoms with Crippen LogP contribution in [0.15, 0.2) is 54.9 Å². The average molecular weight is 910 g/mol. The molecule has 5 aliphatic rings. The van der Waals surface area contributed by atoms with Gasteiger partial charge < -0.3 is 25.2 Å². The number of urea groups is 1. The topological polar surface area (TPSA) is 170 Å². The highest BCUT2D eigenvalue weighted by Crippen LogP contribution is 2.51. The van der Waals surface area contributed by atoms with Gasteiger partial charge in [-0.25, -0.2) is 31.9 Å². The van der Waals surface area contributed by atoms with Gasteiger partial charge in [-0.1, -0.05) is 12.1 Å². The zero-order valence-corrected chi connectivity index (χ0v) is 36.5. The molecule has 2 atom stereocenters. The number of fused-ring (bicyclic) bond motifs is 2. The Morgan fingerprint density at radius 3 is 2.45 bits per heavy atom. The fourth-order valence-electron chi connectivity index (χ4n) is 10.0. The summed E-state index contributed by atoms with van der Waals surface area (Å²) in [6, 6.07) is 10.3. The molecule has 5 amide bonds. The number of likely N-dealkylation sites (tertiary alicyclic amines) is 2. The molecule has 3 saturated heterocycles. The quantitative estimate of drug-likeness (QED) is 0.153. The van der Waals surface area contributed by atoms with Crippen LogP contribution in [0.3, 0.4) is 0 Å². The molecule has 0 radical (unpaired) electrons. The number of rotatable bonds is 10. The predicted octanol–water partition coefficient (Wildman–Crippen LogP) is 5.45. The minimum Gasteiger partial charge on any atom is -0.385 e. The van der Waals surface area contributed by atoms with Gasteiger partial charge in [0.25, 0.3) is 17.7 Å². The van der Waals surface area contributed by atoms with E-state index in [4.69, 9.17) is 9.84 Å². The lowest BCUT2D eigenvalue weighted by Gasteiger charge is -2.57. The SMILES string of the molecule is CNc1cc(N2CCc3c(-c4ncc(CN5CC6(CCN(C(=O)c7cc(F)c(C)c(N8CCC(=O)NC8=O)c7)CC6(F)F)C5)cc4F)cccc32)nn2c(C(=O)NC3CC[C@H]3OC)cnc12. The predicted molar refractivity (Wildman–Crippen MR) is 234 cm³/mol. The number of ether oxygens (including phenoxy) is 1. The molecule has 1 unspecified atom stereocenters. The van der Waals surface area contributed by atoms with E-state index in [-0.39, 0.29) is 91.8 Å². The zero-order chi connectivity index (χ0) is 46.2. The third kappa shape index (κ3) is 7.26. The second-order valence-electron chi connectivity index (χ2n) is 17.8. The van der Waals surface area contributed by atoms with Crippen LogP contribution in [0.1, 0.15) is 63.2 Å². The van der Waals surface area contributed by atoms with Crippen LogP contribution in [0.25, 0.3) is 16.9 Å². The fourth-order valence-corrected chi connectivity index (χ4v) is 10.0. The highest BCUT2D eigenvalue weighted by atomic mass is 19.3. The van der Waals surface area contributed by atoms with Crippen molar-refractivity contribution in [2.75, 3.05) is 68.5 Å². The summed E-state index contributed by atoms with van der Waals surface area (Å²) < 4.78 is 70.2. The average Bonchev–Trinajstić information content (AvgIpc) is 3.91. The summed E-state index contributed by atoms with van der Waals surface area (Å²) in [6.07, 6.45) is 5.27. The van der Waals surface area contributed by atoms with Crippen LogP contribution in [0.5, 0.6) is 0 Å². The lowest BCUT2D eigenvalue weighted by molar-refractivity contribution is -0.220. The number of anilines is 4. The Kier molecular flexibility index (Phi) is 10.7. The van der Waals surface area contributed by atoms with Gasteiger partial charge in [0.15, 0.2) is 17.2 Å². The Morgan fingerprint density at radius 1 is 0.939 bits per heavy atom. The van der Waals surface area contributed by atoms with Gasteiger partial charge in [0.2, 0.25) is 5.91 Å². The monoisotopic (exact) mass is 909 g/mol. The second kappa shape index (κ2) is 16.3. The number of imide groups is 1. The molecule has 0 bridgehead atoms. The van der Waals surface area contributed by atoms with E-state index in [1.165, 1.54) is 29.8 Å². The molecule has 1 aliphatic carbocycles. The first-order chi connectivity index (χ1) is 31.7. The number of aromatic nitrogens is 4. The smallest absolute Gasteiger partial charge is 0.328 e. The van der Waals surface area contributed by atoms with Crippen molar-refractivity contribution in [1.82, 2.24) is 40.0 Å². The number of methoxy groups -OCH3 is 1. The second-order valence-corrected chi connectivity index (χ2v) is 17.8. The number of hydrogen-bond donors (Lipinski definition) is 3. The maximum atomic E-state index is 16.1. The van der Waals surface area contributed by atoms with Crippen LogP contribution in [-0.4, -0.2) is 125 Å². The molecule has 66 heavy (non-hydrogen) atoms. The number of nitrogens with zero attached hydrogens (tertiary/aromatic N) is 8. The van der Waals surface area contributed by atoms with Gasteiger partial charge in [0, 0.05) is 94.5 Å². The third-order valence-corrected chi connectivity index (χ3v) is 13.9. The largest absolute Gasteiger partial charge is 0.385 e. The van der Waals surface area contributed by atoms with Crippen LogP contribution in [-0.2, 0) is 22.5 Å². The molecule has 4 fully saturated rings. The Morgan fingerprint density at radius 2 is 1.74 bits per heavy atom. The van der Waals surface area contributed by atoms with Crippen molar-refractivity contribution in [3.63, 3.8) is 0 Å². The van der Waals surface area contributed by atoms with Crippen LogP contribution in [0.4, 0.5) is 45.2 Å². The van der Waals surface area contributed by atoms with Gasteiger partial charge in [0.05, 0.1) is 41.7 Å². The first-order valence-corrected chi connectivity index (χ1v) is 21.9. The number of hydrogen-bond acceptors (Lipinski definition) is 11. The molecule has 3 N–H and O–H groups in total. The molecule has 10 rings (SSSR count). The van der Waals surface area contributed by atoms with Gasteiger partial charge in [-0.3, -0.25) is 34.5 Å². The van der Waals surface area contributed by atoms with E-state index in [0.29, 0.717) is 41.2 Å². The molecule has 20 heteroatoms. The van der Waals surface area contributed by atoms with Gasteiger partial charge in [0.1, 0.15) is 17.3 Å². The van der Waals surface area contributed by atoms with Crippen molar-refractivity contribution < 1.29 is 41.5 Å². The van der Waals surface area contributed by atoms with Crippen molar-refractivity contribution in [3.8, 4) is 11.3 Å². The molecule has 1 spiro atoms. The summed E-state index contributed by atoms with van der Waals surface area (Å²) >= 11 is 0. The Bertz CT molecular complexity index is 2830. The number of nitrogens with one attached hydrogen (secondary N) is 3. The van der Waals surface area contributed by atoms with Crippen molar-refractivity contribution in [2.45, 2.75) is 63.6 Å². The standard InChI is InChI=1S/C46H47F4N11O5/c1-25-30(47)16-27(17-35(25)60-13-10-39(62)55-44(60)65)43(64)58-14-11-45(46(49,50)24-58)22-57(23-45)21-26-15-31(48)40(52-19-26)29-5-4-6-34-28(29)9-12-59(34)38-18-33(51-2)41-53-20-36(61(41)56-38)42(63)54-32-7-8-37(32)66-3/h4-6,15-20,32,37,51H,7-14,21-24H2,1-3H3,(H,54,63)(H,55,62,65)/t32?,37-/m1/s1. The van der Waals surface area contributed by atoms with Crippen LogP contribution >= 0.6 is 0 Å². The number of pyridine rings is 1. The van der Waals surface area contributed by atoms with Crippen LogP contribution in [0, 0.1) is 24.0 Å². The minimum atomic E-state index is -3.28. The van der Waals surface area contributed by atoms with Crippen LogP contribution in [0.2, 0.25) is 0 Å². The Balaban J connectivity index is 0.806. The van der Waals surface area contributed by atoms with Gasteiger partial charge in [-0.2, -0.15) is 0 Å². The zero-order valence-electron chi connectivity index (χ0n) is 36.5. The Labute approximate surface area is 376 Å². The number of imidazole rings is 1. The van der Waals surface area contributed by atoms with Gasteiger partial charge in [-0.15, -0.1) is 5.10 Å². The summed E-state index contributed by atoms with van der Waals surface area (Å²) in [6.45, 7) is 1.32. The normalized spacial score (nSPS) is 21.1. The van der Waals surface area contributed by atoms with Crippen LogP contribution < -0.4 is 25.8 Å². The highest BCUT2D eigenvalue weighted by molar-refractivity contribution is 6.06. The number of alkyl halides is 2. The summed E-state index contributed by atoms with van der Waals surface area (Å²) in [4.78, 5) is 66.1. The van der Waals surface area contributed by atoms with Gasteiger partial charge >= 0.3 is 6.03 Å². The molecule has 344 valence electrons. The lowest BCUT2D eigenvalue weighted by atomic mass is 9.69. The molecular weight excluding hydrogens is 863 g/mol. The Hall–Kier alpha value is -6.67. The van der Waals surface area contributed by atoms with Gasteiger partial charge in [-0.05, 0) is 68.0 Å². The molecule has 5 aromatic rings. The summed E-state index contributed by atoms with van der Waals surface area (Å²) in [7, 11) is 3.40. The lowest BCUT2D eigenvalue weighted by Crippen LogP contribution is -2.70. The first kappa shape index (κ1) is 43.2. The molecule has 4 aliphatic heterocycles. The maximum Gasteiger partial charge on any atom is 0.328 e. The molecular formula is C46H47F4N11O5. The van der Waals surface area contributed by atoms with E-state index >= 15 is 17.6 Å². The molecule has 3 aromatic heterocycles. The van der Waals surface area contributed by atoms with E-state index in [9.17, 15) is 19.2 Å². The molecule has 16 nitrogen and oxygen atoms in total. The minimum absolute atomic E-state index is 0.00406. The first-order valence-electron chi connectivity index (χ1n) is 21.9. The van der Waals surface area contributed by atoms with Crippen molar-refractivity contribution in [1.29, 1.82) is 0 Å². The number of carbonyl (C=O) groups excluding carboxylic acids is 4. The molecule has 1 saturated carbocycles. The van der Waals surface area contributed by atoms with E-state index in [1.54, 1.807) is 25.3 Å². The molecule has 7 heterocycles. The number of benzene rings is 2. The fraction of sp³-hybridized carbons (Fsp3) is 0.413. The summed E-state index contributed by atoms with van der Waals surface area (Å²) in [5.74, 6) is -5.62. The molecule has 2 aromatic carbocycles. The highest BCUT2D eigenvalue weighted by Gasteiger charge is 2.63. The number of carbonyl (C=O) groups is 4. The van der Waals surface area contributed by atoms with Crippen molar-refractivity contribution >= 4 is 52.3 Å². The number of amides is 5. The van der Waals surface area contributed by atoms with E-state index in [0.717, 1.165) is 40.0 Å². The third-order valence-electron chi connectivity index (χ3n) is 13.9. The van der Waals surface area contributed by atoms with Crippen molar-refractivity contribution in [2.24, 2.45) is 5.41 Å². The summed E-state index contributed by atoms with van der Waals surface area (Å²) in [5.41, 5.74) is 3.01. The maximum absolute atomic E-state index is 16.1. The number of halogens is 4.